The Labute approximate surface area is 136 Å². The van der Waals surface area contributed by atoms with Gasteiger partial charge < -0.3 is 14.6 Å². The van der Waals surface area contributed by atoms with E-state index in [9.17, 15) is 4.79 Å². The van der Waals surface area contributed by atoms with Gasteiger partial charge in [0.05, 0.1) is 11.7 Å². The Bertz CT molecular complexity index is 726. The van der Waals surface area contributed by atoms with Crippen molar-refractivity contribution in [2.75, 3.05) is 19.6 Å². The lowest BCUT2D eigenvalue weighted by molar-refractivity contribution is 0.0372. The van der Waals surface area contributed by atoms with Crippen molar-refractivity contribution < 1.29 is 9.53 Å². The predicted octanol–water partition coefficient (Wildman–Crippen LogP) is 3.54. The molecule has 1 N–H and O–H groups in total. The third-order valence-electron chi connectivity index (χ3n) is 5.31. The van der Waals surface area contributed by atoms with E-state index in [2.05, 4.69) is 9.88 Å². The Hall–Kier alpha value is -1.81. The summed E-state index contributed by atoms with van der Waals surface area (Å²) < 4.78 is 5.54. The Balaban J connectivity index is 1.80. The van der Waals surface area contributed by atoms with Crippen LogP contribution >= 0.6 is 0 Å². The van der Waals surface area contributed by atoms with E-state index in [0.29, 0.717) is 11.8 Å². The number of esters is 1. The number of ether oxygens (including phenoxy) is 1. The van der Waals surface area contributed by atoms with E-state index in [1.807, 2.05) is 38.1 Å². The highest BCUT2D eigenvalue weighted by Gasteiger charge is 2.38. The number of nitrogens with zero attached hydrogens (tertiary/aromatic N) is 1. The molecule has 4 heteroatoms. The fourth-order valence-corrected chi connectivity index (χ4v) is 4.23. The zero-order chi connectivity index (χ0) is 16.0. The van der Waals surface area contributed by atoms with Crippen molar-refractivity contribution in [3.63, 3.8) is 0 Å². The monoisotopic (exact) mass is 312 g/mol. The second kappa shape index (κ2) is 5.68. The molecule has 4 nitrogen and oxygen atoms in total. The minimum Gasteiger partial charge on any atom is -0.459 e. The molecule has 2 aromatic rings. The summed E-state index contributed by atoms with van der Waals surface area (Å²) in [6, 6.07) is 8.07. The van der Waals surface area contributed by atoms with E-state index in [1.54, 1.807) is 0 Å². The number of fused-ring (bicyclic) bond motifs is 4. The second-order valence-corrected chi connectivity index (χ2v) is 7.16. The number of carbonyl (C=O) groups is 1. The van der Waals surface area contributed by atoms with Crippen molar-refractivity contribution >= 4 is 16.9 Å². The third-order valence-corrected chi connectivity index (χ3v) is 5.31. The van der Waals surface area contributed by atoms with Crippen molar-refractivity contribution in [1.29, 1.82) is 0 Å². The number of aromatic amines is 1. The van der Waals surface area contributed by atoms with Crippen LogP contribution in [-0.2, 0) is 4.74 Å². The van der Waals surface area contributed by atoms with Gasteiger partial charge in [-0.2, -0.15) is 0 Å². The average molecular weight is 312 g/mol. The fraction of sp³-hybridized carbons (Fsp3) is 0.526. The number of rotatable bonds is 3. The Morgan fingerprint density at radius 1 is 1.26 bits per heavy atom. The molecule has 0 radical (unpaired) electrons. The number of hydrogen-bond donors (Lipinski definition) is 1. The van der Waals surface area contributed by atoms with Gasteiger partial charge in [0.1, 0.15) is 0 Å². The Morgan fingerprint density at radius 2 is 2.00 bits per heavy atom. The summed E-state index contributed by atoms with van der Waals surface area (Å²) in [5, 5.41) is 0.990. The van der Waals surface area contributed by atoms with Crippen LogP contribution in [0.5, 0.6) is 0 Å². The molecule has 1 aromatic heterocycles. The maximum atomic E-state index is 12.7. The first-order chi connectivity index (χ1) is 11.1. The minimum atomic E-state index is -0.191. The molecular weight excluding hydrogens is 288 g/mol. The highest BCUT2D eigenvalue weighted by Crippen LogP contribution is 2.41. The molecule has 3 aliphatic rings. The number of benzene rings is 1. The zero-order valence-electron chi connectivity index (χ0n) is 13.8. The largest absolute Gasteiger partial charge is 0.459 e. The quantitative estimate of drug-likeness (QED) is 0.882. The van der Waals surface area contributed by atoms with Crippen LogP contribution in [0.2, 0.25) is 0 Å². The summed E-state index contributed by atoms with van der Waals surface area (Å²) in [4.78, 5) is 18.8. The van der Waals surface area contributed by atoms with Crippen LogP contribution in [0.3, 0.4) is 0 Å². The van der Waals surface area contributed by atoms with E-state index in [4.69, 9.17) is 4.74 Å². The van der Waals surface area contributed by atoms with Gasteiger partial charge >= 0.3 is 5.97 Å². The van der Waals surface area contributed by atoms with E-state index in [-0.39, 0.29) is 12.1 Å². The van der Waals surface area contributed by atoms with Crippen molar-refractivity contribution in [2.24, 2.45) is 5.92 Å². The van der Waals surface area contributed by atoms with Crippen LogP contribution in [0.1, 0.15) is 48.7 Å². The van der Waals surface area contributed by atoms with Gasteiger partial charge in [-0.3, -0.25) is 0 Å². The number of nitrogens with one attached hydrogen (secondary N) is 1. The number of aromatic nitrogens is 1. The van der Waals surface area contributed by atoms with Crippen LogP contribution < -0.4 is 0 Å². The number of hydrogen-bond acceptors (Lipinski definition) is 3. The summed E-state index contributed by atoms with van der Waals surface area (Å²) in [5.41, 5.74) is 2.88. The average Bonchev–Trinajstić information content (AvgIpc) is 2.94. The normalized spacial score (nSPS) is 26.8. The highest BCUT2D eigenvalue weighted by molar-refractivity contribution is 6.05. The number of carbonyl (C=O) groups excluding carboxylic acids is 1. The molecule has 5 rings (SSSR count). The van der Waals surface area contributed by atoms with Gasteiger partial charge in [0.2, 0.25) is 0 Å². The molecule has 0 aliphatic carbocycles. The summed E-state index contributed by atoms with van der Waals surface area (Å²) in [5.74, 6) is 0.905. The van der Waals surface area contributed by atoms with Crippen molar-refractivity contribution in [3.8, 4) is 0 Å². The maximum absolute atomic E-state index is 12.7. The smallest absolute Gasteiger partial charge is 0.340 e. The van der Waals surface area contributed by atoms with Gasteiger partial charge in [0, 0.05) is 29.1 Å². The lowest BCUT2D eigenvalue weighted by Crippen LogP contribution is -2.46. The molecule has 122 valence electrons. The molecule has 0 amide bonds. The van der Waals surface area contributed by atoms with Gasteiger partial charge in [-0.1, -0.05) is 18.2 Å². The first-order valence-corrected chi connectivity index (χ1v) is 8.67. The fourth-order valence-electron chi connectivity index (χ4n) is 4.23. The van der Waals surface area contributed by atoms with Crippen LogP contribution in [0.25, 0.3) is 10.9 Å². The predicted molar refractivity (Wildman–Crippen MR) is 90.8 cm³/mol. The molecule has 3 saturated heterocycles. The molecule has 1 aromatic carbocycles. The lowest BCUT2D eigenvalue weighted by Gasteiger charge is -2.44. The van der Waals surface area contributed by atoms with Crippen LogP contribution in [0.15, 0.2) is 24.3 Å². The Kier molecular flexibility index (Phi) is 3.64. The Morgan fingerprint density at radius 3 is 2.65 bits per heavy atom. The molecule has 0 saturated carbocycles. The topological polar surface area (TPSA) is 45.3 Å². The van der Waals surface area contributed by atoms with Crippen molar-refractivity contribution in [1.82, 2.24) is 9.88 Å². The lowest BCUT2D eigenvalue weighted by atomic mass is 9.76. The van der Waals surface area contributed by atoms with Gasteiger partial charge in [-0.15, -0.1) is 0 Å². The number of para-hydroxylation sites is 1. The first-order valence-electron chi connectivity index (χ1n) is 8.67. The number of piperidine rings is 3. The second-order valence-electron chi connectivity index (χ2n) is 7.16. The van der Waals surface area contributed by atoms with Crippen LogP contribution in [0.4, 0.5) is 0 Å². The molecule has 3 aliphatic heterocycles. The molecule has 3 fully saturated rings. The SMILES string of the molecule is CC(C)OC(=O)c1c(C2CN3CCC2CC3)[nH]c2ccccc12. The van der Waals surface area contributed by atoms with Gasteiger partial charge in [0.25, 0.3) is 0 Å². The van der Waals surface area contributed by atoms with E-state index in [0.717, 1.165) is 28.7 Å². The van der Waals surface area contributed by atoms with Gasteiger partial charge in [-0.25, -0.2) is 4.79 Å². The summed E-state index contributed by atoms with van der Waals surface area (Å²) in [6.07, 6.45) is 2.37. The van der Waals surface area contributed by atoms with Crippen molar-refractivity contribution in [3.05, 3.63) is 35.5 Å². The minimum absolute atomic E-state index is 0.101. The van der Waals surface area contributed by atoms with Crippen molar-refractivity contribution in [2.45, 2.75) is 38.7 Å². The van der Waals surface area contributed by atoms with Crippen LogP contribution in [-0.4, -0.2) is 41.6 Å². The van der Waals surface area contributed by atoms with E-state index < -0.39 is 0 Å². The van der Waals surface area contributed by atoms with Gasteiger partial charge in [-0.05, 0) is 51.8 Å². The molecule has 23 heavy (non-hydrogen) atoms. The molecular formula is C19H24N2O2. The van der Waals surface area contributed by atoms with Crippen LogP contribution in [0, 0.1) is 5.92 Å². The maximum Gasteiger partial charge on any atom is 0.340 e. The summed E-state index contributed by atoms with van der Waals surface area (Å²) >= 11 is 0. The number of H-pyrrole nitrogens is 1. The standard InChI is InChI=1S/C19H24N2O2/c1-12(2)23-19(22)17-14-5-3-4-6-16(14)20-18(17)15-11-21-9-7-13(15)8-10-21/h3-6,12-13,15,20H,7-11H2,1-2H3. The summed E-state index contributed by atoms with van der Waals surface area (Å²) in [7, 11) is 0. The highest BCUT2D eigenvalue weighted by atomic mass is 16.5. The molecule has 1 unspecified atom stereocenters. The third kappa shape index (κ3) is 2.55. The molecule has 0 spiro atoms. The van der Waals surface area contributed by atoms with E-state index in [1.165, 1.54) is 25.9 Å². The van der Waals surface area contributed by atoms with Gasteiger partial charge in [0.15, 0.2) is 0 Å². The first kappa shape index (κ1) is 14.8. The zero-order valence-corrected chi connectivity index (χ0v) is 13.8. The molecule has 1 atom stereocenters. The molecule has 2 bridgehead atoms. The summed E-state index contributed by atoms with van der Waals surface area (Å²) in [6.45, 7) is 7.27. The van der Waals surface area contributed by atoms with E-state index >= 15 is 0 Å². The molecule has 4 heterocycles.